The maximum atomic E-state index is 14.0. The average Bonchev–Trinajstić information content (AvgIpc) is 3.30. The number of pyridine rings is 2. The van der Waals surface area contributed by atoms with Crippen LogP contribution in [-0.2, 0) is 13.2 Å². The van der Waals surface area contributed by atoms with Crippen molar-refractivity contribution in [2.45, 2.75) is 13.1 Å². The van der Waals surface area contributed by atoms with E-state index in [1.54, 1.807) is 30.1 Å². The monoisotopic (exact) mass is 521 g/mol. The second-order valence-corrected chi connectivity index (χ2v) is 8.48. The summed E-state index contributed by atoms with van der Waals surface area (Å²) in [6.07, 6.45) is -3.28. The molecule has 0 aliphatic rings. The highest BCUT2D eigenvalue weighted by atomic mass is 19.4. The number of rotatable bonds is 5. The number of para-hydroxylation sites is 1. The summed E-state index contributed by atoms with van der Waals surface area (Å²) in [6.45, 7) is 1.88. The average molecular weight is 521 g/mol. The van der Waals surface area contributed by atoms with Gasteiger partial charge in [0.15, 0.2) is 5.82 Å². The molecule has 1 amide bonds. The van der Waals surface area contributed by atoms with Gasteiger partial charge in [0.2, 0.25) is 0 Å². The van der Waals surface area contributed by atoms with Gasteiger partial charge in [0, 0.05) is 18.3 Å². The van der Waals surface area contributed by atoms with Crippen LogP contribution in [0.3, 0.4) is 0 Å². The Labute approximate surface area is 213 Å². The zero-order chi connectivity index (χ0) is 27.0. The van der Waals surface area contributed by atoms with Gasteiger partial charge < -0.3 is 10.6 Å². The molecule has 0 spiro atoms. The molecule has 0 aliphatic heterocycles. The topological polar surface area (TPSA) is 97.6 Å². The summed E-state index contributed by atoms with van der Waals surface area (Å²) in [5.74, 6) is -1.91. The molecular formula is C26H19F4N7O. The maximum absolute atomic E-state index is 14.0. The zero-order valence-corrected chi connectivity index (χ0v) is 20.0. The van der Waals surface area contributed by atoms with Gasteiger partial charge in [-0.1, -0.05) is 23.4 Å². The van der Waals surface area contributed by atoms with Gasteiger partial charge in [-0.05, 0) is 55.0 Å². The molecule has 192 valence electrons. The van der Waals surface area contributed by atoms with E-state index in [0.29, 0.717) is 40.2 Å². The Morgan fingerprint density at radius 3 is 2.45 bits per heavy atom. The Kier molecular flexibility index (Phi) is 6.23. The molecule has 5 rings (SSSR count). The Morgan fingerprint density at radius 1 is 0.947 bits per heavy atom. The van der Waals surface area contributed by atoms with Gasteiger partial charge in [-0.15, -0.1) is 5.10 Å². The fraction of sp³-hybridized carbons (Fsp3) is 0.115. The van der Waals surface area contributed by atoms with Crippen molar-refractivity contribution in [2.24, 2.45) is 7.05 Å². The number of amides is 1. The zero-order valence-electron chi connectivity index (χ0n) is 20.0. The highest BCUT2D eigenvalue weighted by Crippen LogP contribution is 2.32. The summed E-state index contributed by atoms with van der Waals surface area (Å²) >= 11 is 0. The number of halogens is 4. The first-order valence-electron chi connectivity index (χ1n) is 11.3. The second-order valence-electron chi connectivity index (χ2n) is 8.48. The number of carbonyl (C=O) groups is 1. The van der Waals surface area contributed by atoms with E-state index in [1.807, 2.05) is 31.2 Å². The molecule has 38 heavy (non-hydrogen) atoms. The van der Waals surface area contributed by atoms with Crippen molar-refractivity contribution >= 4 is 34.1 Å². The van der Waals surface area contributed by atoms with Gasteiger partial charge in [-0.25, -0.2) is 19.0 Å². The first kappa shape index (κ1) is 24.8. The number of hydrogen-bond acceptors (Lipinski definition) is 6. The molecule has 0 bridgehead atoms. The summed E-state index contributed by atoms with van der Waals surface area (Å²) in [4.78, 5) is 22.2. The van der Waals surface area contributed by atoms with Crippen LogP contribution < -0.4 is 10.6 Å². The first-order valence-corrected chi connectivity index (χ1v) is 11.3. The third-order valence-electron chi connectivity index (χ3n) is 5.78. The minimum Gasteiger partial charge on any atom is -0.338 e. The minimum absolute atomic E-state index is 0.136. The second kappa shape index (κ2) is 9.54. The summed E-state index contributed by atoms with van der Waals surface area (Å²) < 4.78 is 55.1. The van der Waals surface area contributed by atoms with E-state index in [2.05, 4.69) is 30.9 Å². The fourth-order valence-corrected chi connectivity index (χ4v) is 3.83. The number of nitrogens with one attached hydrogen (secondary N) is 2. The molecule has 0 fully saturated rings. The van der Waals surface area contributed by atoms with Crippen molar-refractivity contribution in [2.75, 3.05) is 10.6 Å². The van der Waals surface area contributed by atoms with Crippen molar-refractivity contribution in [1.29, 1.82) is 0 Å². The first-order chi connectivity index (χ1) is 18.1. The third kappa shape index (κ3) is 5.01. The predicted octanol–water partition coefficient (Wildman–Crippen LogP) is 5.89. The van der Waals surface area contributed by atoms with Crippen LogP contribution in [0.4, 0.5) is 34.8 Å². The van der Waals surface area contributed by atoms with Gasteiger partial charge in [-0.3, -0.25) is 4.79 Å². The van der Waals surface area contributed by atoms with E-state index in [0.717, 1.165) is 11.6 Å². The molecule has 12 heteroatoms. The maximum Gasteiger partial charge on any atom is 0.416 e. The number of alkyl halides is 3. The molecule has 2 aromatic carbocycles. The molecule has 2 N–H and O–H groups in total. The minimum atomic E-state index is -4.82. The molecule has 3 heterocycles. The Balaban J connectivity index is 1.59. The summed E-state index contributed by atoms with van der Waals surface area (Å²) in [7, 11) is 1.71. The van der Waals surface area contributed by atoms with E-state index in [4.69, 9.17) is 0 Å². The number of hydrogen-bond donors (Lipinski definition) is 2. The molecule has 0 saturated carbocycles. The molecule has 0 aliphatic carbocycles. The van der Waals surface area contributed by atoms with Crippen LogP contribution in [0.1, 0.15) is 21.5 Å². The van der Waals surface area contributed by atoms with Crippen LogP contribution in [-0.4, -0.2) is 30.9 Å². The van der Waals surface area contributed by atoms with Gasteiger partial charge >= 0.3 is 6.18 Å². The summed E-state index contributed by atoms with van der Waals surface area (Å²) in [5, 5.41) is 13.5. The Hall–Kier alpha value is -4.87. The molecule has 0 radical (unpaired) electrons. The number of benzene rings is 2. The van der Waals surface area contributed by atoms with Gasteiger partial charge in [0.05, 0.1) is 34.2 Å². The van der Waals surface area contributed by atoms with Gasteiger partial charge in [0.25, 0.3) is 5.91 Å². The summed E-state index contributed by atoms with van der Waals surface area (Å²) in [6, 6.07) is 14.0. The van der Waals surface area contributed by atoms with Crippen LogP contribution in [0.2, 0.25) is 0 Å². The number of fused-ring (bicyclic) bond motifs is 1. The molecular weight excluding hydrogens is 502 g/mol. The highest BCUT2D eigenvalue weighted by Gasteiger charge is 2.32. The van der Waals surface area contributed by atoms with E-state index in [-0.39, 0.29) is 11.5 Å². The molecule has 8 nitrogen and oxygen atoms in total. The number of aromatic nitrogens is 5. The van der Waals surface area contributed by atoms with Gasteiger partial charge in [-0.2, -0.15) is 13.2 Å². The van der Waals surface area contributed by atoms with Crippen LogP contribution in [0, 0.1) is 12.7 Å². The number of anilines is 3. The Morgan fingerprint density at radius 2 is 1.74 bits per heavy atom. The highest BCUT2D eigenvalue weighted by molar-refractivity contribution is 6.07. The lowest BCUT2D eigenvalue weighted by Gasteiger charge is -2.16. The fourth-order valence-electron chi connectivity index (χ4n) is 3.83. The number of carbonyl (C=O) groups excluding carboxylic acids is 1. The van der Waals surface area contributed by atoms with Crippen LogP contribution in [0.5, 0.6) is 0 Å². The van der Waals surface area contributed by atoms with Crippen molar-refractivity contribution in [3.05, 3.63) is 89.4 Å². The SMILES string of the molecule is Cc1ccccc1Nc1nc2ccc(-c3cnnn3C)nc2cc1NC(=O)c1cc(F)cc(C(F)(F)F)c1. The van der Waals surface area contributed by atoms with Gasteiger partial charge in [0.1, 0.15) is 11.5 Å². The van der Waals surface area contributed by atoms with E-state index in [9.17, 15) is 22.4 Å². The van der Waals surface area contributed by atoms with Crippen molar-refractivity contribution in [3.8, 4) is 11.4 Å². The van der Waals surface area contributed by atoms with Crippen LogP contribution in [0.15, 0.2) is 66.9 Å². The van der Waals surface area contributed by atoms with E-state index in [1.165, 1.54) is 6.07 Å². The van der Waals surface area contributed by atoms with E-state index < -0.39 is 29.0 Å². The van der Waals surface area contributed by atoms with Crippen molar-refractivity contribution in [3.63, 3.8) is 0 Å². The van der Waals surface area contributed by atoms with Crippen molar-refractivity contribution < 1.29 is 22.4 Å². The molecule has 0 atom stereocenters. The lowest BCUT2D eigenvalue weighted by molar-refractivity contribution is -0.137. The predicted molar refractivity (Wildman–Crippen MR) is 133 cm³/mol. The normalized spacial score (nSPS) is 11.5. The molecule has 3 aromatic heterocycles. The third-order valence-corrected chi connectivity index (χ3v) is 5.78. The molecule has 0 saturated heterocycles. The lowest BCUT2D eigenvalue weighted by atomic mass is 10.1. The molecule has 0 unspecified atom stereocenters. The van der Waals surface area contributed by atoms with Crippen LogP contribution in [0.25, 0.3) is 22.4 Å². The lowest BCUT2D eigenvalue weighted by Crippen LogP contribution is -2.16. The van der Waals surface area contributed by atoms with Crippen LogP contribution >= 0.6 is 0 Å². The Bertz CT molecular complexity index is 1680. The quantitative estimate of drug-likeness (QED) is 0.280. The number of aryl methyl sites for hydroxylation is 2. The standard InChI is InChI=1S/C26H19F4N7O/c1-14-5-3-4-6-18(14)33-24-22(35-25(38)15-9-16(26(28,29)30)11-17(27)10-15)12-21-19(34-24)7-8-20(32-21)23-13-31-36-37(23)2/h3-13H,1-2H3,(H,33,34)(H,35,38). The smallest absolute Gasteiger partial charge is 0.338 e. The molecule has 5 aromatic rings. The van der Waals surface area contributed by atoms with E-state index >= 15 is 0 Å². The summed E-state index contributed by atoms with van der Waals surface area (Å²) in [5.41, 5.74) is 2.02. The number of nitrogens with zero attached hydrogens (tertiary/aromatic N) is 5. The largest absolute Gasteiger partial charge is 0.416 e. The van der Waals surface area contributed by atoms with Crippen molar-refractivity contribution in [1.82, 2.24) is 25.0 Å².